The molecule has 0 bridgehead atoms. The summed E-state index contributed by atoms with van der Waals surface area (Å²) in [5, 5.41) is 6.12. The van der Waals surface area contributed by atoms with E-state index in [9.17, 15) is 4.79 Å². The number of nitrogens with one attached hydrogen (secondary N) is 2. The van der Waals surface area contributed by atoms with Gasteiger partial charge in [0.05, 0.1) is 0 Å². The van der Waals surface area contributed by atoms with Crippen LogP contribution in [-0.2, 0) is 4.79 Å². The van der Waals surface area contributed by atoms with Gasteiger partial charge in [-0.3, -0.25) is 4.79 Å². The Kier molecular flexibility index (Phi) is 4.58. The standard InChI is InChI=1S/C15H20N2O2/c1-11(9-16-13-6-7-13)10-19-15-5-3-4-14(8-15)17-12(2)18/h3-5,8,13,16H,1,6-7,9-10H2,2H3,(H,17,18). The van der Waals surface area contributed by atoms with E-state index >= 15 is 0 Å². The predicted octanol–water partition coefficient (Wildman–Crippen LogP) is 2.33. The van der Waals surface area contributed by atoms with Gasteiger partial charge in [0, 0.05) is 31.3 Å². The van der Waals surface area contributed by atoms with Crippen molar-refractivity contribution in [1.29, 1.82) is 0 Å². The molecule has 1 saturated carbocycles. The lowest BCUT2D eigenvalue weighted by atomic mass is 10.3. The van der Waals surface area contributed by atoms with Crippen LogP contribution in [0, 0.1) is 0 Å². The number of rotatable bonds is 7. The van der Waals surface area contributed by atoms with Crippen molar-refractivity contribution in [2.24, 2.45) is 0 Å². The first-order chi connectivity index (χ1) is 9.13. The normalized spacial score (nSPS) is 13.9. The van der Waals surface area contributed by atoms with E-state index < -0.39 is 0 Å². The molecule has 1 aliphatic rings. The molecule has 0 heterocycles. The molecule has 1 aromatic carbocycles. The Hall–Kier alpha value is -1.81. The van der Waals surface area contributed by atoms with Crippen LogP contribution in [0.2, 0.25) is 0 Å². The minimum atomic E-state index is -0.0878. The van der Waals surface area contributed by atoms with E-state index in [-0.39, 0.29) is 5.91 Å². The van der Waals surface area contributed by atoms with Gasteiger partial charge in [0.25, 0.3) is 0 Å². The summed E-state index contributed by atoms with van der Waals surface area (Å²) in [5.74, 6) is 0.647. The Bertz CT molecular complexity index is 467. The largest absolute Gasteiger partial charge is 0.489 e. The molecule has 2 N–H and O–H groups in total. The van der Waals surface area contributed by atoms with E-state index in [1.807, 2.05) is 24.3 Å². The summed E-state index contributed by atoms with van der Waals surface area (Å²) in [6.45, 7) is 6.76. The van der Waals surface area contributed by atoms with Crippen molar-refractivity contribution < 1.29 is 9.53 Å². The van der Waals surface area contributed by atoms with Crippen LogP contribution in [0.1, 0.15) is 19.8 Å². The molecule has 1 fully saturated rings. The molecule has 0 atom stereocenters. The summed E-state index contributed by atoms with van der Waals surface area (Å²) < 4.78 is 5.65. The maximum Gasteiger partial charge on any atom is 0.221 e. The number of carbonyl (C=O) groups is 1. The van der Waals surface area contributed by atoms with Crippen molar-refractivity contribution in [2.45, 2.75) is 25.8 Å². The number of hydrogen-bond donors (Lipinski definition) is 2. The molecule has 1 amide bonds. The highest BCUT2D eigenvalue weighted by molar-refractivity contribution is 5.88. The summed E-state index contributed by atoms with van der Waals surface area (Å²) in [5.41, 5.74) is 1.77. The average molecular weight is 260 g/mol. The van der Waals surface area contributed by atoms with E-state index in [1.54, 1.807) is 0 Å². The first-order valence-corrected chi connectivity index (χ1v) is 6.54. The maximum absolute atomic E-state index is 11.0. The highest BCUT2D eigenvalue weighted by Gasteiger charge is 2.20. The van der Waals surface area contributed by atoms with Gasteiger partial charge in [0.15, 0.2) is 0 Å². The lowest BCUT2D eigenvalue weighted by Gasteiger charge is -2.10. The van der Waals surface area contributed by atoms with E-state index in [0.717, 1.165) is 23.6 Å². The minimum absolute atomic E-state index is 0.0878. The van der Waals surface area contributed by atoms with Crippen molar-refractivity contribution in [3.8, 4) is 5.75 Å². The van der Waals surface area contributed by atoms with Crippen molar-refractivity contribution >= 4 is 11.6 Å². The monoisotopic (exact) mass is 260 g/mol. The second-order valence-electron chi connectivity index (χ2n) is 4.90. The van der Waals surface area contributed by atoms with Gasteiger partial charge < -0.3 is 15.4 Å². The molecular weight excluding hydrogens is 240 g/mol. The predicted molar refractivity (Wildman–Crippen MR) is 76.4 cm³/mol. The van der Waals surface area contributed by atoms with Crippen molar-refractivity contribution in [3.05, 3.63) is 36.4 Å². The number of carbonyl (C=O) groups excluding carboxylic acids is 1. The summed E-state index contributed by atoms with van der Waals surface area (Å²) >= 11 is 0. The number of hydrogen-bond acceptors (Lipinski definition) is 3. The zero-order chi connectivity index (χ0) is 13.7. The quantitative estimate of drug-likeness (QED) is 0.740. The smallest absolute Gasteiger partial charge is 0.221 e. The lowest BCUT2D eigenvalue weighted by molar-refractivity contribution is -0.114. The first kappa shape index (κ1) is 13.6. The van der Waals surface area contributed by atoms with E-state index in [1.165, 1.54) is 19.8 Å². The maximum atomic E-state index is 11.0. The van der Waals surface area contributed by atoms with Crippen LogP contribution >= 0.6 is 0 Å². The first-order valence-electron chi connectivity index (χ1n) is 6.54. The van der Waals surface area contributed by atoms with Gasteiger partial charge in [-0.05, 0) is 30.5 Å². The number of amides is 1. The molecule has 0 aliphatic heterocycles. The van der Waals surface area contributed by atoms with Gasteiger partial charge in [0.2, 0.25) is 5.91 Å². The zero-order valence-corrected chi connectivity index (χ0v) is 11.2. The molecule has 0 unspecified atom stereocenters. The lowest BCUT2D eigenvalue weighted by Crippen LogP contribution is -2.21. The topological polar surface area (TPSA) is 50.4 Å². The van der Waals surface area contributed by atoms with Crippen LogP contribution < -0.4 is 15.4 Å². The number of ether oxygens (including phenoxy) is 1. The Morgan fingerprint density at radius 1 is 1.47 bits per heavy atom. The van der Waals surface area contributed by atoms with E-state index in [0.29, 0.717) is 12.6 Å². The van der Waals surface area contributed by atoms with Crippen molar-refractivity contribution in [1.82, 2.24) is 5.32 Å². The molecule has 0 saturated heterocycles. The molecule has 0 radical (unpaired) electrons. The molecule has 4 heteroatoms. The molecule has 19 heavy (non-hydrogen) atoms. The third-order valence-corrected chi connectivity index (χ3v) is 2.82. The molecule has 4 nitrogen and oxygen atoms in total. The highest BCUT2D eigenvalue weighted by atomic mass is 16.5. The summed E-state index contributed by atoms with van der Waals surface area (Å²) in [6.07, 6.45) is 2.54. The Morgan fingerprint density at radius 3 is 2.95 bits per heavy atom. The van der Waals surface area contributed by atoms with E-state index in [4.69, 9.17) is 4.74 Å². The van der Waals surface area contributed by atoms with Gasteiger partial charge in [-0.25, -0.2) is 0 Å². The third-order valence-electron chi connectivity index (χ3n) is 2.82. The second kappa shape index (κ2) is 6.38. The van der Waals surface area contributed by atoms with Gasteiger partial charge in [0.1, 0.15) is 12.4 Å². The van der Waals surface area contributed by atoms with Crippen LogP contribution in [0.3, 0.4) is 0 Å². The van der Waals surface area contributed by atoms with Gasteiger partial charge in [-0.1, -0.05) is 12.6 Å². The summed E-state index contributed by atoms with van der Waals surface area (Å²) in [7, 11) is 0. The van der Waals surface area contributed by atoms with Crippen LogP contribution in [0.4, 0.5) is 5.69 Å². The van der Waals surface area contributed by atoms with Crippen LogP contribution in [0.15, 0.2) is 36.4 Å². The fraction of sp³-hybridized carbons (Fsp3) is 0.400. The summed E-state index contributed by atoms with van der Waals surface area (Å²) in [4.78, 5) is 11.0. The molecular formula is C15H20N2O2. The SMILES string of the molecule is C=C(CNC1CC1)COc1cccc(NC(C)=O)c1. The van der Waals surface area contributed by atoms with Crippen LogP contribution in [0.5, 0.6) is 5.75 Å². The van der Waals surface area contributed by atoms with Gasteiger partial charge in [-0.2, -0.15) is 0 Å². The highest BCUT2D eigenvalue weighted by Crippen LogP contribution is 2.19. The van der Waals surface area contributed by atoms with Crippen molar-refractivity contribution in [3.63, 3.8) is 0 Å². The molecule has 0 aromatic heterocycles. The van der Waals surface area contributed by atoms with Crippen LogP contribution in [0.25, 0.3) is 0 Å². The van der Waals surface area contributed by atoms with Crippen LogP contribution in [-0.4, -0.2) is 25.1 Å². The van der Waals surface area contributed by atoms with E-state index in [2.05, 4.69) is 17.2 Å². The summed E-state index contributed by atoms with van der Waals surface area (Å²) in [6, 6.07) is 8.04. The Labute approximate surface area is 113 Å². The average Bonchev–Trinajstić information content (AvgIpc) is 3.17. The fourth-order valence-electron chi connectivity index (χ4n) is 1.68. The molecule has 1 aliphatic carbocycles. The van der Waals surface area contributed by atoms with Gasteiger partial charge in [-0.15, -0.1) is 0 Å². The minimum Gasteiger partial charge on any atom is -0.489 e. The number of benzene rings is 1. The molecule has 1 aromatic rings. The molecule has 0 spiro atoms. The Balaban J connectivity index is 1.77. The fourth-order valence-corrected chi connectivity index (χ4v) is 1.68. The van der Waals surface area contributed by atoms with Gasteiger partial charge >= 0.3 is 0 Å². The third kappa shape index (κ3) is 5.14. The van der Waals surface area contributed by atoms with Crippen molar-refractivity contribution in [2.75, 3.05) is 18.5 Å². The molecule has 102 valence electrons. The zero-order valence-electron chi connectivity index (χ0n) is 11.2. The number of anilines is 1. The second-order valence-corrected chi connectivity index (χ2v) is 4.90. The molecule has 2 rings (SSSR count). The Morgan fingerprint density at radius 2 is 2.26 bits per heavy atom.